The van der Waals surface area contributed by atoms with Gasteiger partial charge in [-0.1, -0.05) is 37.8 Å². The monoisotopic (exact) mass is 196 g/mol. The van der Waals surface area contributed by atoms with Crippen LogP contribution in [-0.4, -0.2) is 21.4 Å². The van der Waals surface area contributed by atoms with E-state index < -0.39 is 11.2 Å². The Balaban J connectivity index is 1.98. The van der Waals surface area contributed by atoms with Crippen molar-refractivity contribution < 1.29 is 10.2 Å². The summed E-state index contributed by atoms with van der Waals surface area (Å²) < 4.78 is 0. The number of rotatable bonds is 2. The zero-order valence-electron chi connectivity index (χ0n) is 8.71. The predicted octanol–water partition coefficient (Wildman–Crippen LogP) is 2.15. The van der Waals surface area contributed by atoms with Crippen LogP contribution in [0, 0.1) is 0 Å². The van der Waals surface area contributed by atoms with Crippen molar-refractivity contribution in [1.29, 1.82) is 0 Å². The van der Waals surface area contributed by atoms with Gasteiger partial charge in [0.1, 0.15) is 0 Å². The van der Waals surface area contributed by atoms with E-state index in [1.54, 1.807) is 0 Å². The summed E-state index contributed by atoms with van der Waals surface area (Å²) in [6.07, 6.45) is 11.6. The fourth-order valence-corrected chi connectivity index (χ4v) is 2.62. The third-order valence-corrected chi connectivity index (χ3v) is 3.64. The Bertz CT molecular complexity index is 196. The molecule has 14 heavy (non-hydrogen) atoms. The van der Waals surface area contributed by atoms with Gasteiger partial charge in [0, 0.05) is 0 Å². The third-order valence-electron chi connectivity index (χ3n) is 3.64. The van der Waals surface area contributed by atoms with Gasteiger partial charge in [0.15, 0.2) is 0 Å². The molecule has 2 rings (SSSR count). The summed E-state index contributed by atoms with van der Waals surface area (Å²) in [7, 11) is 0. The lowest BCUT2D eigenvalue weighted by Gasteiger charge is -2.21. The Morgan fingerprint density at radius 2 is 0.929 bits per heavy atom. The van der Waals surface area contributed by atoms with Crippen LogP contribution in [0.4, 0.5) is 0 Å². The van der Waals surface area contributed by atoms with E-state index in [0.29, 0.717) is 0 Å². The van der Waals surface area contributed by atoms with E-state index in [1.165, 1.54) is 0 Å². The Morgan fingerprint density at radius 1 is 0.643 bits per heavy atom. The molecule has 2 aliphatic rings. The third kappa shape index (κ3) is 2.18. The van der Waals surface area contributed by atoms with E-state index >= 15 is 0 Å². The molecule has 0 heterocycles. The van der Waals surface area contributed by atoms with Crippen LogP contribution in [0.1, 0.15) is 51.4 Å². The highest BCUT2D eigenvalue weighted by Gasteiger charge is 2.32. The molecule has 0 radical (unpaired) electrons. The number of hydrogen-bond acceptors (Lipinski definition) is 2. The summed E-state index contributed by atoms with van der Waals surface area (Å²) in [5.74, 6) is 0. The van der Waals surface area contributed by atoms with Crippen molar-refractivity contribution in [2.45, 2.75) is 62.6 Å². The molecule has 2 aliphatic carbocycles. The molecule has 2 nitrogen and oxygen atoms in total. The minimum Gasteiger partial charge on any atom is -0.386 e. The topological polar surface area (TPSA) is 40.5 Å². The average molecular weight is 196 g/mol. The second kappa shape index (κ2) is 3.67. The van der Waals surface area contributed by atoms with Gasteiger partial charge in [0.25, 0.3) is 0 Å². The quantitative estimate of drug-likeness (QED) is 0.664. The first kappa shape index (κ1) is 10.2. The maximum Gasteiger partial charge on any atom is 0.0828 e. The lowest BCUT2D eigenvalue weighted by molar-refractivity contribution is 0.0810. The normalized spacial score (nSPS) is 30.1. The molecule has 0 aromatic heterocycles. The Hall–Kier alpha value is -0.340. The molecule has 0 unspecified atom stereocenters. The maximum absolute atomic E-state index is 10.1. The van der Waals surface area contributed by atoms with Crippen molar-refractivity contribution in [1.82, 2.24) is 0 Å². The van der Waals surface area contributed by atoms with Crippen molar-refractivity contribution in [2.24, 2.45) is 0 Å². The summed E-state index contributed by atoms with van der Waals surface area (Å²) in [5.41, 5.74) is -1.23. The van der Waals surface area contributed by atoms with Gasteiger partial charge in [-0.15, -0.1) is 0 Å². The fraction of sp³-hybridized carbons (Fsp3) is 0.833. The molecule has 2 N–H and O–H groups in total. The molecule has 0 saturated heterocycles. The first-order valence-electron chi connectivity index (χ1n) is 5.77. The van der Waals surface area contributed by atoms with E-state index in [4.69, 9.17) is 0 Å². The predicted molar refractivity (Wildman–Crippen MR) is 56.0 cm³/mol. The largest absolute Gasteiger partial charge is 0.386 e. The smallest absolute Gasteiger partial charge is 0.0828 e. The summed E-state index contributed by atoms with van der Waals surface area (Å²) in [4.78, 5) is 0. The molecule has 0 spiro atoms. The molecular formula is C12H20O2. The Kier molecular flexibility index (Phi) is 2.67. The molecule has 0 atom stereocenters. The first-order valence-corrected chi connectivity index (χ1v) is 5.77. The van der Waals surface area contributed by atoms with Crippen molar-refractivity contribution >= 4 is 0 Å². The molecule has 0 aromatic carbocycles. The molecule has 0 aliphatic heterocycles. The van der Waals surface area contributed by atoms with E-state index in [-0.39, 0.29) is 0 Å². The molecule has 2 fully saturated rings. The van der Waals surface area contributed by atoms with Gasteiger partial charge in [-0.2, -0.15) is 0 Å². The highest BCUT2D eigenvalue weighted by Crippen LogP contribution is 2.34. The van der Waals surface area contributed by atoms with Crippen LogP contribution in [0.3, 0.4) is 0 Å². The van der Waals surface area contributed by atoms with E-state index in [2.05, 4.69) is 0 Å². The molecular weight excluding hydrogens is 176 g/mol. The van der Waals surface area contributed by atoms with Crippen molar-refractivity contribution in [3.63, 3.8) is 0 Å². The highest BCUT2D eigenvalue weighted by atomic mass is 16.3. The lowest BCUT2D eigenvalue weighted by Crippen LogP contribution is -2.25. The standard InChI is InChI=1S/C12H20O2/c13-11(5-1-2-6-11)9-10-12(14)7-3-4-8-12/h9-10,13-14H,1-8H2/b10-9-. The zero-order valence-corrected chi connectivity index (χ0v) is 8.71. The fourth-order valence-electron chi connectivity index (χ4n) is 2.62. The van der Waals surface area contributed by atoms with Crippen LogP contribution in [0.5, 0.6) is 0 Å². The van der Waals surface area contributed by atoms with Crippen LogP contribution in [0.25, 0.3) is 0 Å². The minimum absolute atomic E-state index is 0.613. The van der Waals surface area contributed by atoms with Crippen molar-refractivity contribution in [2.75, 3.05) is 0 Å². The summed E-state index contributed by atoms with van der Waals surface area (Å²) in [6, 6.07) is 0. The molecule has 2 heteroatoms. The summed E-state index contributed by atoms with van der Waals surface area (Å²) in [6.45, 7) is 0. The van der Waals surface area contributed by atoms with Gasteiger partial charge in [-0.3, -0.25) is 0 Å². The second-order valence-electron chi connectivity index (χ2n) is 4.95. The van der Waals surface area contributed by atoms with Gasteiger partial charge in [0.05, 0.1) is 11.2 Å². The summed E-state index contributed by atoms with van der Waals surface area (Å²) in [5, 5.41) is 20.1. The Labute approximate surface area is 85.6 Å². The van der Waals surface area contributed by atoms with Crippen LogP contribution in [-0.2, 0) is 0 Å². The highest BCUT2D eigenvalue weighted by molar-refractivity contribution is 5.11. The van der Waals surface area contributed by atoms with Crippen LogP contribution in [0.2, 0.25) is 0 Å². The SMILES string of the molecule is OC1(/C=C\C2(O)CCCC2)CCCC1. The van der Waals surface area contributed by atoms with Gasteiger partial charge < -0.3 is 10.2 Å². The van der Waals surface area contributed by atoms with E-state index in [1.807, 2.05) is 12.2 Å². The number of hydrogen-bond donors (Lipinski definition) is 2. The van der Waals surface area contributed by atoms with Gasteiger partial charge in [-0.25, -0.2) is 0 Å². The van der Waals surface area contributed by atoms with Crippen LogP contribution in [0.15, 0.2) is 12.2 Å². The Morgan fingerprint density at radius 3 is 1.21 bits per heavy atom. The van der Waals surface area contributed by atoms with Crippen molar-refractivity contribution in [3.05, 3.63) is 12.2 Å². The van der Waals surface area contributed by atoms with Crippen LogP contribution >= 0.6 is 0 Å². The molecule has 0 amide bonds. The van der Waals surface area contributed by atoms with Gasteiger partial charge in [0.2, 0.25) is 0 Å². The molecule has 0 bridgehead atoms. The first-order chi connectivity index (χ1) is 6.62. The van der Waals surface area contributed by atoms with E-state index in [9.17, 15) is 10.2 Å². The summed E-state index contributed by atoms with van der Waals surface area (Å²) >= 11 is 0. The van der Waals surface area contributed by atoms with Crippen molar-refractivity contribution in [3.8, 4) is 0 Å². The minimum atomic E-state index is -0.613. The maximum atomic E-state index is 10.1. The van der Waals surface area contributed by atoms with Gasteiger partial charge >= 0.3 is 0 Å². The molecule has 0 aromatic rings. The number of aliphatic hydroxyl groups is 2. The lowest BCUT2D eigenvalue weighted by atomic mass is 9.95. The second-order valence-corrected chi connectivity index (χ2v) is 4.95. The van der Waals surface area contributed by atoms with E-state index in [0.717, 1.165) is 51.4 Å². The molecule has 2 saturated carbocycles. The van der Waals surface area contributed by atoms with Crippen LogP contribution < -0.4 is 0 Å². The average Bonchev–Trinajstić information content (AvgIpc) is 2.74. The zero-order chi connectivity index (χ0) is 10.1. The van der Waals surface area contributed by atoms with Gasteiger partial charge in [-0.05, 0) is 25.7 Å². The molecule has 80 valence electrons.